The number of carboxylic acids is 1. The molecule has 3 nitrogen and oxygen atoms in total. The number of ketones is 1. The van der Waals surface area contributed by atoms with Crippen LogP contribution in [0.25, 0.3) is 6.08 Å². The van der Waals surface area contributed by atoms with Gasteiger partial charge in [-0.1, -0.05) is 6.07 Å². The van der Waals surface area contributed by atoms with Gasteiger partial charge in [-0.25, -0.2) is 13.6 Å². The van der Waals surface area contributed by atoms with Crippen LogP contribution in [0, 0.1) is 11.6 Å². The van der Waals surface area contributed by atoms with Crippen LogP contribution in [0.3, 0.4) is 0 Å². The maximum absolute atomic E-state index is 12.8. The van der Waals surface area contributed by atoms with Crippen molar-refractivity contribution in [2.24, 2.45) is 0 Å². The van der Waals surface area contributed by atoms with Gasteiger partial charge >= 0.3 is 5.97 Å². The van der Waals surface area contributed by atoms with Gasteiger partial charge in [0.1, 0.15) is 5.57 Å². The van der Waals surface area contributed by atoms with E-state index in [1.807, 2.05) is 0 Å². The second-order valence-corrected chi connectivity index (χ2v) is 3.09. The van der Waals surface area contributed by atoms with Gasteiger partial charge in [0.15, 0.2) is 17.4 Å². The van der Waals surface area contributed by atoms with E-state index in [1.165, 1.54) is 6.07 Å². The molecule has 0 aliphatic heterocycles. The largest absolute Gasteiger partial charge is 0.478 e. The summed E-state index contributed by atoms with van der Waals surface area (Å²) in [5.74, 6) is -4.19. The Bertz CT molecular complexity index is 462. The molecule has 0 aliphatic carbocycles. The number of halogens is 2. The van der Waals surface area contributed by atoms with Crippen molar-refractivity contribution in [3.05, 3.63) is 41.0 Å². The van der Waals surface area contributed by atoms with E-state index < -0.39 is 29.0 Å². The van der Waals surface area contributed by atoms with Crippen LogP contribution in [0.2, 0.25) is 0 Å². The molecular formula is C11H8F2O3. The van der Waals surface area contributed by atoms with Gasteiger partial charge in [0.05, 0.1) is 0 Å². The number of carbonyl (C=O) groups excluding carboxylic acids is 1. The zero-order valence-corrected chi connectivity index (χ0v) is 8.33. The zero-order valence-electron chi connectivity index (χ0n) is 8.33. The molecule has 16 heavy (non-hydrogen) atoms. The van der Waals surface area contributed by atoms with Crippen molar-refractivity contribution in [1.29, 1.82) is 0 Å². The molecule has 1 N–H and O–H groups in total. The van der Waals surface area contributed by atoms with Crippen LogP contribution < -0.4 is 0 Å². The maximum atomic E-state index is 12.8. The fraction of sp³-hybridized carbons (Fsp3) is 0.0909. The van der Waals surface area contributed by atoms with E-state index in [0.29, 0.717) is 0 Å². The third-order valence-electron chi connectivity index (χ3n) is 1.86. The predicted molar refractivity (Wildman–Crippen MR) is 52.7 cm³/mol. The van der Waals surface area contributed by atoms with Gasteiger partial charge in [0.25, 0.3) is 0 Å². The molecule has 1 aromatic carbocycles. The summed E-state index contributed by atoms with van der Waals surface area (Å²) in [4.78, 5) is 21.6. The lowest BCUT2D eigenvalue weighted by molar-refractivity contribution is -0.134. The van der Waals surface area contributed by atoms with Crippen LogP contribution in [0.4, 0.5) is 8.78 Å². The lowest BCUT2D eigenvalue weighted by Gasteiger charge is -1.99. The molecule has 0 fully saturated rings. The summed E-state index contributed by atoms with van der Waals surface area (Å²) in [6, 6.07) is 2.87. The van der Waals surface area contributed by atoms with E-state index in [1.54, 1.807) is 0 Å². The van der Waals surface area contributed by atoms with Crippen molar-refractivity contribution >= 4 is 17.8 Å². The smallest absolute Gasteiger partial charge is 0.339 e. The summed E-state index contributed by atoms with van der Waals surface area (Å²) in [6.07, 6.45) is 0.993. The quantitative estimate of drug-likeness (QED) is 0.487. The van der Waals surface area contributed by atoms with Gasteiger partial charge < -0.3 is 5.11 Å². The summed E-state index contributed by atoms with van der Waals surface area (Å²) in [5, 5.41) is 8.67. The first kappa shape index (κ1) is 12.0. The molecule has 5 heteroatoms. The minimum atomic E-state index is -1.41. The number of benzene rings is 1. The third kappa shape index (κ3) is 2.73. The highest BCUT2D eigenvalue weighted by molar-refractivity contribution is 6.19. The van der Waals surface area contributed by atoms with Crippen LogP contribution in [0.1, 0.15) is 12.5 Å². The predicted octanol–water partition coefficient (Wildman–Crippen LogP) is 2.02. The molecule has 0 aliphatic rings. The monoisotopic (exact) mass is 226 g/mol. The molecule has 1 rings (SSSR count). The highest BCUT2D eigenvalue weighted by Crippen LogP contribution is 2.12. The Kier molecular flexibility index (Phi) is 3.50. The number of carbonyl (C=O) groups is 2. The fourth-order valence-electron chi connectivity index (χ4n) is 1.08. The van der Waals surface area contributed by atoms with E-state index >= 15 is 0 Å². The number of Topliss-reactive ketones (excluding diaryl/α,β-unsaturated/α-hetero) is 1. The van der Waals surface area contributed by atoms with E-state index in [-0.39, 0.29) is 5.56 Å². The average Bonchev–Trinajstić information content (AvgIpc) is 2.18. The van der Waals surface area contributed by atoms with Gasteiger partial charge in [0.2, 0.25) is 0 Å². The summed E-state index contributed by atoms with van der Waals surface area (Å²) >= 11 is 0. The molecule has 1 aromatic rings. The van der Waals surface area contributed by atoms with E-state index in [4.69, 9.17) is 5.11 Å². The highest BCUT2D eigenvalue weighted by atomic mass is 19.2. The zero-order chi connectivity index (χ0) is 12.3. The van der Waals surface area contributed by atoms with Crippen LogP contribution in [0.5, 0.6) is 0 Å². The topological polar surface area (TPSA) is 54.4 Å². The Labute approximate surface area is 90.0 Å². The molecule has 0 radical (unpaired) electrons. The van der Waals surface area contributed by atoms with Crippen molar-refractivity contribution in [2.75, 3.05) is 0 Å². The molecule has 0 heterocycles. The van der Waals surface area contributed by atoms with Crippen molar-refractivity contribution in [3.63, 3.8) is 0 Å². The molecule has 0 amide bonds. The van der Waals surface area contributed by atoms with Crippen LogP contribution in [-0.2, 0) is 9.59 Å². The van der Waals surface area contributed by atoms with E-state index in [0.717, 1.165) is 25.1 Å². The van der Waals surface area contributed by atoms with Gasteiger partial charge in [-0.05, 0) is 30.7 Å². The van der Waals surface area contributed by atoms with Crippen LogP contribution >= 0.6 is 0 Å². The third-order valence-corrected chi connectivity index (χ3v) is 1.86. The molecule has 0 spiro atoms. The maximum Gasteiger partial charge on any atom is 0.339 e. The number of hydrogen-bond acceptors (Lipinski definition) is 2. The number of hydrogen-bond donors (Lipinski definition) is 1. The van der Waals surface area contributed by atoms with E-state index in [2.05, 4.69) is 0 Å². The number of rotatable bonds is 3. The highest BCUT2D eigenvalue weighted by Gasteiger charge is 2.13. The summed E-state index contributed by atoms with van der Waals surface area (Å²) < 4.78 is 25.4. The first-order valence-electron chi connectivity index (χ1n) is 4.33. The van der Waals surface area contributed by atoms with Gasteiger partial charge in [-0.2, -0.15) is 0 Å². The standard InChI is InChI=1S/C11H8F2O3/c1-6(14)8(11(15)16)4-7-2-3-9(12)10(13)5-7/h2-5H,1H3,(H,15,16)/b8-4-. The first-order valence-corrected chi connectivity index (χ1v) is 4.33. The first-order chi connectivity index (χ1) is 7.41. The molecule has 0 atom stereocenters. The molecule has 0 saturated carbocycles. The molecule has 0 unspecified atom stereocenters. The van der Waals surface area contributed by atoms with Gasteiger partial charge in [-0.3, -0.25) is 4.79 Å². The van der Waals surface area contributed by atoms with Crippen LogP contribution in [0.15, 0.2) is 23.8 Å². The Hall–Kier alpha value is -2.04. The fourth-order valence-corrected chi connectivity index (χ4v) is 1.08. The van der Waals surface area contributed by atoms with Crippen LogP contribution in [-0.4, -0.2) is 16.9 Å². The molecule has 84 valence electrons. The normalized spacial score (nSPS) is 11.3. The van der Waals surface area contributed by atoms with Crippen molar-refractivity contribution in [2.45, 2.75) is 6.92 Å². The Morgan fingerprint density at radius 1 is 1.25 bits per heavy atom. The number of carboxylic acid groups (broad SMARTS) is 1. The number of aliphatic carboxylic acids is 1. The Balaban J connectivity index is 3.18. The molecule has 0 saturated heterocycles. The summed E-state index contributed by atoms with van der Waals surface area (Å²) in [5.41, 5.74) is -0.363. The Morgan fingerprint density at radius 3 is 2.31 bits per heavy atom. The molecule has 0 bridgehead atoms. The second-order valence-electron chi connectivity index (χ2n) is 3.09. The van der Waals surface area contributed by atoms with Crippen molar-refractivity contribution in [3.8, 4) is 0 Å². The Morgan fingerprint density at radius 2 is 1.88 bits per heavy atom. The summed E-state index contributed by atoms with van der Waals surface area (Å²) in [7, 11) is 0. The summed E-state index contributed by atoms with van der Waals surface area (Å²) in [6.45, 7) is 1.08. The minimum Gasteiger partial charge on any atom is -0.478 e. The van der Waals surface area contributed by atoms with Gasteiger partial charge in [-0.15, -0.1) is 0 Å². The lowest BCUT2D eigenvalue weighted by Crippen LogP contribution is -2.08. The lowest BCUT2D eigenvalue weighted by atomic mass is 10.1. The van der Waals surface area contributed by atoms with E-state index in [9.17, 15) is 18.4 Å². The average molecular weight is 226 g/mol. The van der Waals surface area contributed by atoms with Gasteiger partial charge in [0, 0.05) is 0 Å². The SMILES string of the molecule is CC(=O)/C(=C/c1ccc(F)c(F)c1)C(=O)O. The van der Waals surface area contributed by atoms with Crippen molar-refractivity contribution < 1.29 is 23.5 Å². The molecular weight excluding hydrogens is 218 g/mol. The second kappa shape index (κ2) is 4.65. The molecule has 0 aromatic heterocycles. The van der Waals surface area contributed by atoms with Crippen molar-refractivity contribution in [1.82, 2.24) is 0 Å². The minimum absolute atomic E-state index is 0.117.